The summed E-state index contributed by atoms with van der Waals surface area (Å²) in [5.74, 6) is 0. The normalized spacial score (nSPS) is 11.4. The minimum atomic E-state index is -0.0124. The molecule has 4 heteroatoms. The Morgan fingerprint density at radius 1 is 1.44 bits per heavy atom. The van der Waals surface area contributed by atoms with Gasteiger partial charge in [0.25, 0.3) is 5.56 Å². The molecule has 0 unspecified atom stereocenters. The van der Waals surface area contributed by atoms with E-state index in [1.165, 1.54) is 0 Å². The van der Waals surface area contributed by atoms with Crippen LogP contribution in [-0.2, 0) is 6.54 Å². The minimum Gasteiger partial charge on any atom is -0.342 e. The fourth-order valence-corrected chi connectivity index (χ4v) is 1.78. The number of hydrogen-bond acceptors (Lipinski definition) is 2. The molecule has 0 spiro atoms. The summed E-state index contributed by atoms with van der Waals surface area (Å²) in [7, 11) is 2.08. The van der Waals surface area contributed by atoms with Crippen LogP contribution >= 0.6 is 0 Å². The van der Waals surface area contributed by atoms with Crippen molar-refractivity contribution in [1.82, 2.24) is 14.5 Å². The van der Waals surface area contributed by atoms with Gasteiger partial charge in [-0.25, -0.2) is 0 Å². The van der Waals surface area contributed by atoms with Gasteiger partial charge in [-0.1, -0.05) is 6.92 Å². The number of aromatic amines is 1. The van der Waals surface area contributed by atoms with E-state index in [1.807, 2.05) is 22.9 Å². The number of rotatable bonds is 4. The predicted octanol–water partition coefficient (Wildman–Crippen LogP) is 1.28. The molecule has 2 aromatic rings. The van der Waals surface area contributed by atoms with Crippen molar-refractivity contribution in [2.45, 2.75) is 13.5 Å². The maximum absolute atomic E-state index is 11.7. The second-order valence-corrected chi connectivity index (χ2v) is 4.02. The first kappa shape index (κ1) is 11.0. The third kappa shape index (κ3) is 2.02. The van der Waals surface area contributed by atoms with E-state index in [0.717, 1.165) is 30.5 Å². The smallest absolute Gasteiger partial charge is 0.272 e. The zero-order valence-electron chi connectivity index (χ0n) is 9.73. The third-order valence-electron chi connectivity index (χ3n) is 2.95. The zero-order valence-corrected chi connectivity index (χ0v) is 9.73. The Bertz CT molecular complexity index is 526. The van der Waals surface area contributed by atoms with Gasteiger partial charge < -0.3 is 14.5 Å². The van der Waals surface area contributed by atoms with Crippen molar-refractivity contribution in [2.24, 2.45) is 0 Å². The van der Waals surface area contributed by atoms with E-state index in [9.17, 15) is 4.79 Å². The molecule has 0 fully saturated rings. The van der Waals surface area contributed by atoms with Crippen molar-refractivity contribution >= 4 is 10.9 Å². The van der Waals surface area contributed by atoms with Crippen molar-refractivity contribution in [2.75, 3.05) is 20.1 Å². The number of nitrogens with one attached hydrogen (secondary N) is 1. The number of aromatic nitrogens is 2. The molecule has 2 rings (SSSR count). The Morgan fingerprint density at radius 2 is 2.25 bits per heavy atom. The fraction of sp³-hybridized carbons (Fsp3) is 0.417. The molecule has 0 amide bonds. The molecule has 4 nitrogen and oxygen atoms in total. The molecular formula is C12H17N3O. The Hall–Kier alpha value is -1.55. The van der Waals surface area contributed by atoms with Gasteiger partial charge in [0.2, 0.25) is 0 Å². The van der Waals surface area contributed by atoms with Crippen LogP contribution < -0.4 is 5.56 Å². The molecule has 0 bridgehead atoms. The highest BCUT2D eigenvalue weighted by Gasteiger charge is 2.04. The molecule has 0 saturated heterocycles. The highest BCUT2D eigenvalue weighted by atomic mass is 16.1. The Balaban J connectivity index is 2.28. The lowest BCUT2D eigenvalue weighted by Crippen LogP contribution is -2.23. The molecule has 0 aromatic carbocycles. The van der Waals surface area contributed by atoms with E-state index >= 15 is 0 Å². The molecule has 2 heterocycles. The molecular weight excluding hydrogens is 202 g/mol. The lowest BCUT2D eigenvalue weighted by molar-refractivity contribution is 0.337. The number of pyridine rings is 1. The summed E-state index contributed by atoms with van der Waals surface area (Å²) in [5, 5.41) is 1.00. The quantitative estimate of drug-likeness (QED) is 0.841. The van der Waals surface area contributed by atoms with Crippen LogP contribution in [0.1, 0.15) is 6.92 Å². The number of H-pyrrole nitrogens is 1. The lowest BCUT2D eigenvalue weighted by atomic mass is 10.3. The van der Waals surface area contributed by atoms with Gasteiger partial charge in [0.05, 0.1) is 0 Å². The molecule has 0 aliphatic carbocycles. The first-order chi connectivity index (χ1) is 7.72. The van der Waals surface area contributed by atoms with Crippen molar-refractivity contribution in [3.05, 3.63) is 34.9 Å². The second-order valence-electron chi connectivity index (χ2n) is 4.02. The van der Waals surface area contributed by atoms with Gasteiger partial charge in [-0.15, -0.1) is 0 Å². The SMILES string of the molecule is CCN(C)CCn1ccc2cc[nH]c(=O)c21. The van der Waals surface area contributed by atoms with Gasteiger partial charge in [0.15, 0.2) is 0 Å². The molecule has 0 aliphatic heterocycles. The predicted molar refractivity (Wildman–Crippen MR) is 65.7 cm³/mol. The van der Waals surface area contributed by atoms with E-state index in [1.54, 1.807) is 6.20 Å². The molecule has 0 radical (unpaired) electrons. The maximum atomic E-state index is 11.7. The van der Waals surface area contributed by atoms with Crippen molar-refractivity contribution < 1.29 is 0 Å². The third-order valence-corrected chi connectivity index (χ3v) is 2.95. The van der Waals surface area contributed by atoms with Crippen molar-refractivity contribution in [1.29, 1.82) is 0 Å². The van der Waals surface area contributed by atoms with Gasteiger partial charge >= 0.3 is 0 Å². The fourth-order valence-electron chi connectivity index (χ4n) is 1.78. The summed E-state index contributed by atoms with van der Waals surface area (Å²) in [5.41, 5.74) is 0.758. The highest BCUT2D eigenvalue weighted by molar-refractivity contribution is 5.78. The Labute approximate surface area is 94.5 Å². The molecule has 0 saturated carbocycles. The van der Waals surface area contributed by atoms with Crippen molar-refractivity contribution in [3.8, 4) is 0 Å². The average Bonchev–Trinajstić information content (AvgIpc) is 2.70. The van der Waals surface area contributed by atoms with Crippen LogP contribution in [0.3, 0.4) is 0 Å². The molecule has 16 heavy (non-hydrogen) atoms. The van der Waals surface area contributed by atoms with Crippen LogP contribution in [0, 0.1) is 0 Å². The van der Waals surface area contributed by atoms with Gasteiger partial charge in [-0.05, 0) is 25.7 Å². The number of fused-ring (bicyclic) bond motifs is 1. The highest BCUT2D eigenvalue weighted by Crippen LogP contribution is 2.09. The van der Waals surface area contributed by atoms with E-state index < -0.39 is 0 Å². The van der Waals surface area contributed by atoms with Crippen LogP contribution in [0.15, 0.2) is 29.3 Å². The van der Waals surface area contributed by atoms with Crippen molar-refractivity contribution in [3.63, 3.8) is 0 Å². The summed E-state index contributed by atoms with van der Waals surface area (Å²) in [6, 6.07) is 3.91. The van der Waals surface area contributed by atoms with E-state index in [0.29, 0.717) is 0 Å². The second kappa shape index (κ2) is 4.53. The average molecular weight is 219 g/mol. The number of nitrogens with zero attached hydrogens (tertiary/aromatic N) is 2. The van der Waals surface area contributed by atoms with Crippen LogP contribution in [-0.4, -0.2) is 34.6 Å². The minimum absolute atomic E-state index is 0.0124. The Morgan fingerprint density at radius 3 is 3.00 bits per heavy atom. The maximum Gasteiger partial charge on any atom is 0.272 e. The first-order valence-electron chi connectivity index (χ1n) is 5.57. The van der Waals surface area contributed by atoms with Crippen LogP contribution in [0.4, 0.5) is 0 Å². The first-order valence-corrected chi connectivity index (χ1v) is 5.57. The number of hydrogen-bond donors (Lipinski definition) is 1. The topological polar surface area (TPSA) is 41.0 Å². The summed E-state index contributed by atoms with van der Waals surface area (Å²) < 4.78 is 2.01. The van der Waals surface area contributed by atoms with E-state index in [-0.39, 0.29) is 5.56 Å². The molecule has 0 atom stereocenters. The molecule has 1 N–H and O–H groups in total. The molecule has 0 aliphatic rings. The van der Waals surface area contributed by atoms with Crippen LogP contribution in [0.25, 0.3) is 10.9 Å². The molecule has 2 aromatic heterocycles. The largest absolute Gasteiger partial charge is 0.342 e. The van der Waals surface area contributed by atoms with Gasteiger partial charge in [-0.3, -0.25) is 4.79 Å². The van der Waals surface area contributed by atoms with E-state index in [4.69, 9.17) is 0 Å². The summed E-state index contributed by atoms with van der Waals surface area (Å²) in [4.78, 5) is 16.6. The standard InChI is InChI=1S/C12H17N3O/c1-3-14(2)8-9-15-7-5-10-4-6-13-12(16)11(10)15/h4-7H,3,8-9H2,1-2H3,(H,13,16). The van der Waals surface area contributed by atoms with E-state index in [2.05, 4.69) is 23.9 Å². The van der Waals surface area contributed by atoms with Crippen LogP contribution in [0.2, 0.25) is 0 Å². The van der Waals surface area contributed by atoms with Crippen LogP contribution in [0.5, 0.6) is 0 Å². The lowest BCUT2D eigenvalue weighted by Gasteiger charge is -2.14. The number of likely N-dealkylation sites (N-methyl/N-ethyl adjacent to an activating group) is 1. The summed E-state index contributed by atoms with van der Waals surface area (Å²) in [6.07, 6.45) is 3.66. The summed E-state index contributed by atoms with van der Waals surface area (Å²) >= 11 is 0. The van der Waals surface area contributed by atoms with Gasteiger partial charge in [0.1, 0.15) is 5.52 Å². The monoisotopic (exact) mass is 219 g/mol. The summed E-state index contributed by atoms with van der Waals surface area (Å²) in [6.45, 7) is 4.95. The Kier molecular flexibility index (Phi) is 3.10. The van der Waals surface area contributed by atoms with Gasteiger partial charge in [0, 0.05) is 30.9 Å². The molecule has 86 valence electrons. The zero-order chi connectivity index (χ0) is 11.5. The van der Waals surface area contributed by atoms with Gasteiger partial charge in [-0.2, -0.15) is 0 Å².